The number of rotatable bonds is 2. The Kier molecular flexibility index (Phi) is 3.72. The van der Waals surface area contributed by atoms with E-state index in [0.717, 1.165) is 0 Å². The van der Waals surface area contributed by atoms with Crippen LogP contribution in [0.2, 0.25) is 0 Å². The highest BCUT2D eigenvalue weighted by Crippen LogP contribution is 2.11. The molecule has 2 aromatic rings. The Morgan fingerprint density at radius 3 is 3.05 bits per heavy atom. The van der Waals surface area contributed by atoms with Gasteiger partial charge in [-0.05, 0) is 12.1 Å². The van der Waals surface area contributed by atoms with Gasteiger partial charge < -0.3 is 19.7 Å². The lowest BCUT2D eigenvalue weighted by molar-refractivity contribution is -0.0447. The van der Waals surface area contributed by atoms with Crippen LogP contribution in [-0.2, 0) is 4.74 Å². The molecule has 6 nitrogen and oxygen atoms in total. The van der Waals surface area contributed by atoms with E-state index in [1.54, 1.807) is 23.1 Å². The maximum Gasteiger partial charge on any atom is 0.259 e. The zero-order valence-electron chi connectivity index (χ0n) is 11.4. The summed E-state index contributed by atoms with van der Waals surface area (Å²) < 4.78 is 5.31. The molecule has 3 rings (SSSR count). The molecule has 0 spiro atoms. The van der Waals surface area contributed by atoms with Crippen molar-refractivity contribution >= 4 is 16.8 Å². The van der Waals surface area contributed by atoms with E-state index in [-0.39, 0.29) is 29.6 Å². The second-order valence-corrected chi connectivity index (χ2v) is 5.00. The number of aliphatic hydroxyl groups is 1. The zero-order chi connectivity index (χ0) is 14.8. The smallest absolute Gasteiger partial charge is 0.259 e. The van der Waals surface area contributed by atoms with E-state index in [9.17, 15) is 9.59 Å². The van der Waals surface area contributed by atoms with Crippen molar-refractivity contribution in [3.63, 3.8) is 0 Å². The number of hydrogen-bond donors (Lipinski definition) is 2. The highest BCUT2D eigenvalue weighted by Gasteiger charge is 2.26. The number of H-pyrrole nitrogens is 1. The Morgan fingerprint density at radius 1 is 1.43 bits per heavy atom. The van der Waals surface area contributed by atoms with Gasteiger partial charge in [0.05, 0.1) is 19.3 Å². The molecular weight excluding hydrogens is 272 g/mol. The number of carbonyl (C=O) groups is 1. The first-order valence-corrected chi connectivity index (χ1v) is 6.83. The van der Waals surface area contributed by atoms with E-state index in [4.69, 9.17) is 9.84 Å². The fraction of sp³-hybridized carbons (Fsp3) is 0.333. The molecule has 1 atom stereocenters. The van der Waals surface area contributed by atoms with Gasteiger partial charge in [-0.25, -0.2) is 0 Å². The van der Waals surface area contributed by atoms with Gasteiger partial charge in [0, 0.05) is 30.2 Å². The molecular formula is C15H16N2O4. The maximum absolute atomic E-state index is 12.5. The Hall–Kier alpha value is -2.18. The van der Waals surface area contributed by atoms with E-state index < -0.39 is 0 Å². The summed E-state index contributed by atoms with van der Waals surface area (Å²) in [4.78, 5) is 29.4. The topological polar surface area (TPSA) is 82.6 Å². The summed E-state index contributed by atoms with van der Waals surface area (Å²) in [6.07, 6.45) is 1.07. The third kappa shape index (κ3) is 2.55. The number of fused-ring (bicyclic) bond motifs is 1. The van der Waals surface area contributed by atoms with Crippen LogP contribution in [-0.4, -0.2) is 53.3 Å². The number of para-hydroxylation sites is 1. The molecule has 1 aromatic carbocycles. The van der Waals surface area contributed by atoms with Crippen LogP contribution in [0.5, 0.6) is 0 Å². The molecule has 1 aromatic heterocycles. The number of aromatic nitrogens is 1. The van der Waals surface area contributed by atoms with Gasteiger partial charge in [0.1, 0.15) is 5.56 Å². The van der Waals surface area contributed by atoms with Crippen LogP contribution in [0.4, 0.5) is 0 Å². The van der Waals surface area contributed by atoms with Crippen molar-refractivity contribution in [1.29, 1.82) is 0 Å². The molecule has 6 heteroatoms. The van der Waals surface area contributed by atoms with Gasteiger partial charge in [0.2, 0.25) is 5.43 Å². The lowest BCUT2D eigenvalue weighted by Gasteiger charge is -2.31. The third-order valence-electron chi connectivity index (χ3n) is 3.65. The van der Waals surface area contributed by atoms with Gasteiger partial charge in [-0.1, -0.05) is 12.1 Å². The SMILES string of the molecule is O=C(c1c[nH]c2ccccc2c1=O)N1CCOC(CO)C1. The Labute approximate surface area is 121 Å². The van der Waals surface area contributed by atoms with Crippen molar-refractivity contribution in [3.8, 4) is 0 Å². The van der Waals surface area contributed by atoms with E-state index in [1.807, 2.05) is 6.07 Å². The monoisotopic (exact) mass is 288 g/mol. The van der Waals surface area contributed by atoms with Crippen LogP contribution in [0.15, 0.2) is 35.3 Å². The number of ether oxygens (including phenoxy) is 1. The van der Waals surface area contributed by atoms with Crippen molar-refractivity contribution in [2.45, 2.75) is 6.10 Å². The molecule has 0 saturated carbocycles. The molecule has 1 amide bonds. The molecule has 110 valence electrons. The summed E-state index contributed by atoms with van der Waals surface area (Å²) >= 11 is 0. The minimum absolute atomic E-state index is 0.118. The van der Waals surface area contributed by atoms with Gasteiger partial charge in [0.15, 0.2) is 0 Å². The van der Waals surface area contributed by atoms with Crippen molar-refractivity contribution in [1.82, 2.24) is 9.88 Å². The van der Waals surface area contributed by atoms with Gasteiger partial charge in [-0.3, -0.25) is 9.59 Å². The molecule has 0 aliphatic carbocycles. The van der Waals surface area contributed by atoms with Crippen LogP contribution in [0.25, 0.3) is 10.9 Å². The minimum atomic E-state index is -0.387. The van der Waals surface area contributed by atoms with Crippen LogP contribution >= 0.6 is 0 Å². The molecule has 1 unspecified atom stereocenters. The average Bonchev–Trinajstić information content (AvgIpc) is 2.55. The summed E-state index contributed by atoms with van der Waals surface area (Å²) in [6, 6.07) is 7.08. The molecule has 1 aliphatic rings. The minimum Gasteiger partial charge on any atom is -0.394 e. The predicted molar refractivity (Wildman–Crippen MR) is 77.3 cm³/mol. The number of nitrogens with one attached hydrogen (secondary N) is 1. The molecule has 21 heavy (non-hydrogen) atoms. The van der Waals surface area contributed by atoms with Crippen molar-refractivity contribution in [2.24, 2.45) is 0 Å². The van der Waals surface area contributed by atoms with E-state index in [0.29, 0.717) is 30.6 Å². The van der Waals surface area contributed by atoms with Crippen LogP contribution in [0, 0.1) is 0 Å². The highest BCUT2D eigenvalue weighted by atomic mass is 16.5. The summed E-state index contributed by atoms with van der Waals surface area (Å²) in [5.74, 6) is -0.330. The summed E-state index contributed by atoms with van der Waals surface area (Å²) in [5.41, 5.74) is 0.544. The largest absolute Gasteiger partial charge is 0.394 e. The molecule has 0 bridgehead atoms. The Balaban J connectivity index is 1.94. The maximum atomic E-state index is 12.5. The molecule has 1 fully saturated rings. The number of aromatic amines is 1. The fourth-order valence-corrected chi connectivity index (χ4v) is 2.51. The summed E-state index contributed by atoms with van der Waals surface area (Å²) in [5, 5.41) is 9.62. The molecule has 2 N–H and O–H groups in total. The normalized spacial score (nSPS) is 18.9. The number of benzene rings is 1. The zero-order valence-corrected chi connectivity index (χ0v) is 11.4. The van der Waals surface area contributed by atoms with Crippen LogP contribution in [0.3, 0.4) is 0 Å². The first kappa shape index (κ1) is 13.8. The number of aliphatic hydroxyl groups excluding tert-OH is 1. The second-order valence-electron chi connectivity index (χ2n) is 5.00. The molecule has 1 aliphatic heterocycles. The quantitative estimate of drug-likeness (QED) is 0.836. The van der Waals surface area contributed by atoms with Gasteiger partial charge in [-0.15, -0.1) is 0 Å². The predicted octanol–water partition coefficient (Wildman–Crippen LogP) is 0.361. The third-order valence-corrected chi connectivity index (χ3v) is 3.65. The number of morpholine rings is 1. The van der Waals surface area contributed by atoms with Gasteiger partial charge in [0.25, 0.3) is 5.91 Å². The second kappa shape index (κ2) is 5.67. The Bertz CT molecular complexity index is 725. The van der Waals surface area contributed by atoms with Crippen LogP contribution < -0.4 is 5.43 Å². The average molecular weight is 288 g/mol. The van der Waals surface area contributed by atoms with Crippen molar-refractivity contribution in [3.05, 3.63) is 46.2 Å². The number of nitrogens with zero attached hydrogens (tertiary/aromatic N) is 1. The number of pyridine rings is 1. The molecule has 1 saturated heterocycles. The first-order valence-electron chi connectivity index (χ1n) is 6.83. The van der Waals surface area contributed by atoms with Gasteiger partial charge >= 0.3 is 0 Å². The lowest BCUT2D eigenvalue weighted by Crippen LogP contribution is -2.47. The lowest BCUT2D eigenvalue weighted by atomic mass is 10.1. The van der Waals surface area contributed by atoms with E-state index in [2.05, 4.69) is 4.98 Å². The van der Waals surface area contributed by atoms with Crippen molar-refractivity contribution in [2.75, 3.05) is 26.3 Å². The Morgan fingerprint density at radius 2 is 2.24 bits per heavy atom. The van der Waals surface area contributed by atoms with E-state index in [1.165, 1.54) is 6.20 Å². The van der Waals surface area contributed by atoms with Gasteiger partial charge in [-0.2, -0.15) is 0 Å². The molecule has 2 heterocycles. The standard InChI is InChI=1S/C15H16N2O4/c18-9-10-8-17(5-6-21-10)15(20)12-7-16-13-4-2-1-3-11(13)14(12)19/h1-4,7,10,18H,5-6,8-9H2,(H,16,19). The first-order chi connectivity index (χ1) is 10.2. The summed E-state index contributed by atoms with van der Waals surface area (Å²) in [6.45, 7) is 0.934. The van der Waals surface area contributed by atoms with Crippen LogP contribution in [0.1, 0.15) is 10.4 Å². The fourth-order valence-electron chi connectivity index (χ4n) is 2.51. The number of hydrogen-bond acceptors (Lipinski definition) is 4. The molecule has 0 radical (unpaired) electrons. The van der Waals surface area contributed by atoms with Crippen molar-refractivity contribution < 1.29 is 14.6 Å². The number of carbonyl (C=O) groups excluding carboxylic acids is 1. The summed E-state index contributed by atoms with van der Waals surface area (Å²) in [7, 11) is 0. The number of amides is 1. The highest BCUT2D eigenvalue weighted by molar-refractivity contribution is 5.97. The van der Waals surface area contributed by atoms with E-state index >= 15 is 0 Å².